The van der Waals surface area contributed by atoms with Gasteiger partial charge in [-0.15, -0.1) is 0 Å². The minimum absolute atomic E-state index is 0.166. The molecular weight excluding hydrogens is 1160 g/mol. The normalized spacial score (nSPS) is 14.0. The number of ether oxygens (including phenoxy) is 4. The Morgan fingerprint density at radius 2 is 0.737 bits per heavy atom. The maximum absolute atomic E-state index is 6.90. The number of fused-ring (bicyclic) bond motifs is 19. The second-order valence-corrected chi connectivity index (χ2v) is 26.8. The molecule has 0 fully saturated rings. The van der Waals surface area contributed by atoms with Crippen molar-refractivity contribution in [1.82, 2.24) is 14.4 Å². The SMILES string of the molecule is CC1(C)c2ccccc2-c2cc3c(cc21)Oc1ccc(-c2cc(-c4ccc5c(c4)C(C)(C)c4cc6c(cc4-5)Oc4cc(-c5cccc(-c7cccc8nc(-c9ccccc9)ccc78)c5)ccc4O6)cc(-c4ccc5c6ccccc6n6c7ccccc7nc6c5c4)c2)cc1O3. The zero-order valence-corrected chi connectivity index (χ0v) is 52.5. The van der Waals surface area contributed by atoms with Crippen LogP contribution in [0.25, 0.3) is 138 Å². The monoisotopic (exact) mass is 1220 g/mol. The number of imidazole rings is 1. The Bertz CT molecular complexity index is 6060. The maximum atomic E-state index is 6.90. The van der Waals surface area contributed by atoms with Gasteiger partial charge in [0.05, 0.1) is 27.8 Å². The predicted octanol–water partition coefficient (Wildman–Crippen LogP) is 23.8. The Morgan fingerprint density at radius 3 is 1.48 bits per heavy atom. The van der Waals surface area contributed by atoms with Crippen molar-refractivity contribution >= 4 is 49.3 Å². The van der Waals surface area contributed by atoms with Gasteiger partial charge in [0.2, 0.25) is 0 Å². The molecule has 0 amide bonds. The summed E-state index contributed by atoms with van der Waals surface area (Å²) in [4.78, 5) is 10.4. The maximum Gasteiger partial charge on any atom is 0.170 e. The van der Waals surface area contributed by atoms with Crippen molar-refractivity contribution in [3.63, 3.8) is 0 Å². The van der Waals surface area contributed by atoms with Crippen molar-refractivity contribution in [3.8, 4) is 135 Å². The summed E-state index contributed by atoms with van der Waals surface area (Å²) in [5.74, 6) is 5.55. The highest BCUT2D eigenvalue weighted by molar-refractivity contribution is 6.15. The summed E-state index contributed by atoms with van der Waals surface area (Å²) in [7, 11) is 0. The van der Waals surface area contributed by atoms with Crippen LogP contribution < -0.4 is 18.9 Å². The van der Waals surface area contributed by atoms with Gasteiger partial charge >= 0.3 is 0 Å². The van der Waals surface area contributed by atoms with E-state index in [1.54, 1.807) is 0 Å². The van der Waals surface area contributed by atoms with E-state index in [4.69, 9.17) is 28.9 Å². The lowest BCUT2D eigenvalue weighted by atomic mass is 9.81. The van der Waals surface area contributed by atoms with E-state index in [-0.39, 0.29) is 10.8 Å². The number of para-hydroxylation sites is 3. The van der Waals surface area contributed by atoms with Gasteiger partial charge in [-0.05, 0) is 221 Å². The second kappa shape index (κ2) is 19.7. The molecule has 7 heteroatoms. The fourth-order valence-corrected chi connectivity index (χ4v) is 15.8. The second-order valence-electron chi connectivity index (χ2n) is 26.8. The van der Waals surface area contributed by atoms with Crippen LogP contribution in [0, 0.1) is 0 Å². The fourth-order valence-electron chi connectivity index (χ4n) is 15.8. The Morgan fingerprint density at radius 1 is 0.253 bits per heavy atom. The molecule has 95 heavy (non-hydrogen) atoms. The van der Waals surface area contributed by atoms with Gasteiger partial charge in [0.15, 0.2) is 46.0 Å². The zero-order chi connectivity index (χ0) is 63.0. The first-order valence-electron chi connectivity index (χ1n) is 32.6. The van der Waals surface area contributed by atoms with Crippen LogP contribution in [0.4, 0.5) is 0 Å². The first-order valence-corrected chi connectivity index (χ1v) is 32.6. The van der Waals surface area contributed by atoms with Crippen LogP contribution in [0.3, 0.4) is 0 Å². The molecule has 2 aliphatic carbocycles. The zero-order valence-electron chi connectivity index (χ0n) is 52.5. The minimum Gasteiger partial charge on any atom is -0.450 e. The van der Waals surface area contributed by atoms with Crippen LogP contribution in [-0.2, 0) is 10.8 Å². The summed E-state index contributed by atoms with van der Waals surface area (Å²) in [6, 6.07) is 97.7. The number of rotatable bonds is 6. The number of aromatic nitrogens is 3. The average molecular weight is 1220 g/mol. The van der Waals surface area contributed by atoms with Gasteiger partial charge < -0.3 is 18.9 Å². The third-order valence-corrected chi connectivity index (χ3v) is 20.7. The van der Waals surface area contributed by atoms with Gasteiger partial charge in [-0.25, -0.2) is 9.97 Å². The highest BCUT2D eigenvalue weighted by Crippen LogP contribution is 2.58. The lowest BCUT2D eigenvalue weighted by molar-refractivity contribution is 0.359. The van der Waals surface area contributed by atoms with Crippen molar-refractivity contribution in [1.29, 1.82) is 0 Å². The predicted molar refractivity (Wildman–Crippen MR) is 384 cm³/mol. The van der Waals surface area contributed by atoms with Gasteiger partial charge in [0, 0.05) is 32.6 Å². The molecule has 0 spiro atoms. The first kappa shape index (κ1) is 53.6. The van der Waals surface area contributed by atoms with Crippen LogP contribution in [0.5, 0.6) is 46.0 Å². The first-order chi connectivity index (χ1) is 46.5. The van der Waals surface area contributed by atoms with Crippen LogP contribution in [-0.4, -0.2) is 14.4 Å². The molecule has 5 heterocycles. The van der Waals surface area contributed by atoms with Gasteiger partial charge in [0.25, 0.3) is 0 Å². The van der Waals surface area contributed by atoms with Crippen LogP contribution in [0.2, 0.25) is 0 Å². The summed E-state index contributed by atoms with van der Waals surface area (Å²) in [5.41, 5.74) is 27.1. The van der Waals surface area contributed by atoms with Gasteiger partial charge in [-0.3, -0.25) is 4.40 Å². The number of pyridine rings is 2. The van der Waals surface area contributed by atoms with Crippen LogP contribution in [0.1, 0.15) is 49.9 Å². The fraction of sp³-hybridized carbons (Fsp3) is 0.0682. The summed E-state index contributed by atoms with van der Waals surface area (Å²) >= 11 is 0. The number of nitrogens with zero attached hydrogens (tertiary/aromatic N) is 3. The molecule has 0 bridgehead atoms. The van der Waals surface area contributed by atoms with Crippen molar-refractivity contribution in [3.05, 3.63) is 295 Å². The van der Waals surface area contributed by atoms with Crippen LogP contribution >= 0.6 is 0 Å². The summed E-state index contributed by atoms with van der Waals surface area (Å²) in [5, 5.41) is 4.54. The number of hydrogen-bond acceptors (Lipinski definition) is 6. The Labute approximate surface area is 548 Å². The molecule has 4 aliphatic rings. The molecule has 0 saturated carbocycles. The molecule has 16 aromatic rings. The molecule has 0 radical (unpaired) electrons. The van der Waals surface area contributed by atoms with Gasteiger partial charge in [-0.1, -0.05) is 185 Å². The number of hydrogen-bond donors (Lipinski definition) is 0. The lowest BCUT2D eigenvalue weighted by Crippen LogP contribution is -2.15. The third-order valence-electron chi connectivity index (χ3n) is 20.7. The van der Waals surface area contributed by atoms with E-state index >= 15 is 0 Å². The molecule has 0 atom stereocenters. The van der Waals surface area contributed by atoms with E-state index in [1.807, 2.05) is 12.1 Å². The molecule has 0 N–H and O–H groups in total. The molecule has 0 saturated heterocycles. The topological polar surface area (TPSA) is 67.1 Å². The molecule has 7 nitrogen and oxygen atoms in total. The van der Waals surface area contributed by atoms with Crippen molar-refractivity contribution in [2.45, 2.75) is 38.5 Å². The molecule has 13 aromatic carbocycles. The molecule has 2 aliphatic heterocycles. The minimum atomic E-state index is -0.372. The van der Waals surface area contributed by atoms with E-state index in [0.717, 1.165) is 122 Å². The highest BCUT2D eigenvalue weighted by atomic mass is 16.6. The number of benzene rings is 13. The molecular formula is C88H57N3O4. The molecule has 0 unspecified atom stereocenters. The Hall–Kier alpha value is -12.1. The van der Waals surface area contributed by atoms with Crippen LogP contribution in [0.15, 0.2) is 273 Å². The Kier molecular flexibility index (Phi) is 11.1. The average Bonchev–Trinajstić information content (AvgIpc) is 1.63. The van der Waals surface area contributed by atoms with E-state index in [9.17, 15) is 0 Å². The largest absolute Gasteiger partial charge is 0.450 e. The van der Waals surface area contributed by atoms with Crippen molar-refractivity contribution in [2.24, 2.45) is 0 Å². The van der Waals surface area contributed by atoms with Gasteiger partial charge in [0.1, 0.15) is 5.65 Å². The molecule has 20 rings (SSSR count). The molecule has 3 aromatic heterocycles. The van der Waals surface area contributed by atoms with E-state index in [2.05, 4.69) is 293 Å². The van der Waals surface area contributed by atoms with E-state index < -0.39 is 0 Å². The van der Waals surface area contributed by atoms with Crippen molar-refractivity contribution in [2.75, 3.05) is 0 Å². The quantitative estimate of drug-likeness (QED) is 0.155. The summed E-state index contributed by atoms with van der Waals surface area (Å²) < 4.78 is 29.7. The van der Waals surface area contributed by atoms with Gasteiger partial charge in [-0.2, -0.15) is 0 Å². The smallest absolute Gasteiger partial charge is 0.170 e. The Balaban J connectivity index is 0.664. The highest BCUT2D eigenvalue weighted by Gasteiger charge is 2.40. The lowest BCUT2D eigenvalue weighted by Gasteiger charge is -2.25. The summed E-state index contributed by atoms with van der Waals surface area (Å²) in [6.07, 6.45) is 0. The van der Waals surface area contributed by atoms with Crippen molar-refractivity contribution < 1.29 is 18.9 Å². The van der Waals surface area contributed by atoms with E-state index in [1.165, 1.54) is 44.3 Å². The molecule has 448 valence electrons. The third kappa shape index (κ3) is 8.12. The summed E-state index contributed by atoms with van der Waals surface area (Å²) in [6.45, 7) is 9.23. The standard InChI is InChI=1S/C88H57N3O4/c1-87(2)69-23-10-8-20-62(69)66-46-82-84(48-71(66)87)93-79-37-31-55(45-81(79)95-82)59-40-57(52-28-32-61-65-21-9-12-26-76(65)91-77-27-13-11-24-75(77)90-86(91)68(61)42-52)39-58(41-59)53-29-33-63-67-47-83-85(49-72(67)88(3,4)70(63)43-53)92-78-36-30-54(44-80(78)94-83)51-18-14-19-56(38-51)60-22-15-25-74-64(60)34-35-73(89-74)50-16-6-5-7-17-50/h5-49H,1-4H3. The van der Waals surface area contributed by atoms with E-state index in [0.29, 0.717) is 40.2 Å².